The number of benzene rings is 1. The van der Waals surface area contributed by atoms with Crippen molar-refractivity contribution in [1.82, 2.24) is 9.97 Å². The summed E-state index contributed by atoms with van der Waals surface area (Å²) in [6, 6.07) is 9.36. The Morgan fingerprint density at radius 1 is 1.24 bits per heavy atom. The average Bonchev–Trinajstić information content (AvgIpc) is 2.79. The molecule has 2 heterocycles. The van der Waals surface area contributed by atoms with Crippen molar-refractivity contribution < 1.29 is 4.42 Å². The molecule has 1 aromatic carbocycles. The maximum atomic E-state index is 9.27. The van der Waals surface area contributed by atoms with Gasteiger partial charge in [0.1, 0.15) is 11.6 Å². The highest BCUT2D eigenvalue weighted by Crippen LogP contribution is 2.33. The largest absolute Gasteiger partial charge is 0.431 e. The molecule has 0 bridgehead atoms. The first-order chi connectivity index (χ1) is 10.1. The van der Waals surface area contributed by atoms with Gasteiger partial charge in [-0.3, -0.25) is 4.98 Å². The first-order valence-electron chi connectivity index (χ1n) is 6.29. The van der Waals surface area contributed by atoms with Gasteiger partial charge in [-0.15, -0.1) is 0 Å². The quantitative estimate of drug-likeness (QED) is 0.729. The number of pyridine rings is 1. The number of hydrogen-bond donors (Lipinski definition) is 1. The minimum absolute atomic E-state index is 0.483. The van der Waals surface area contributed by atoms with Crippen LogP contribution in [0.2, 0.25) is 0 Å². The van der Waals surface area contributed by atoms with E-state index >= 15 is 0 Å². The molecule has 2 N–H and O–H groups in total. The topological polar surface area (TPSA) is 88.7 Å². The Kier molecular flexibility index (Phi) is 3.28. The lowest BCUT2D eigenvalue weighted by Crippen LogP contribution is -1.94. The Morgan fingerprint density at radius 2 is 2.05 bits per heavy atom. The Bertz CT molecular complexity index is 879. The molecule has 0 fully saturated rings. The van der Waals surface area contributed by atoms with Gasteiger partial charge >= 0.3 is 0 Å². The van der Waals surface area contributed by atoms with E-state index in [1.165, 1.54) is 11.8 Å². The van der Waals surface area contributed by atoms with Crippen LogP contribution in [0, 0.1) is 25.2 Å². The molecule has 6 heteroatoms. The molecule has 0 amide bonds. The molecule has 0 atom stereocenters. The third-order valence-corrected chi connectivity index (χ3v) is 3.88. The van der Waals surface area contributed by atoms with Gasteiger partial charge in [-0.1, -0.05) is 0 Å². The number of nitrogen functional groups attached to an aromatic ring is 1. The van der Waals surface area contributed by atoms with Crippen molar-refractivity contribution in [2.24, 2.45) is 0 Å². The van der Waals surface area contributed by atoms with Crippen LogP contribution in [-0.4, -0.2) is 9.97 Å². The second-order valence-electron chi connectivity index (χ2n) is 4.64. The molecule has 0 radical (unpaired) electrons. The van der Waals surface area contributed by atoms with Crippen LogP contribution in [0.15, 0.2) is 38.8 Å². The highest BCUT2D eigenvalue weighted by molar-refractivity contribution is 7.99. The van der Waals surface area contributed by atoms with Crippen LogP contribution < -0.4 is 5.73 Å². The number of nitrogens with two attached hydrogens (primary N) is 1. The number of nitrogens with zero attached hydrogens (tertiary/aromatic N) is 3. The van der Waals surface area contributed by atoms with Crippen LogP contribution in [0.4, 0.5) is 5.69 Å². The van der Waals surface area contributed by atoms with Gasteiger partial charge < -0.3 is 10.2 Å². The van der Waals surface area contributed by atoms with E-state index in [-0.39, 0.29) is 0 Å². The smallest absolute Gasteiger partial charge is 0.261 e. The Balaban J connectivity index is 2.04. The predicted molar refractivity (Wildman–Crippen MR) is 81.0 cm³/mol. The summed E-state index contributed by atoms with van der Waals surface area (Å²) in [5, 5.41) is 9.76. The van der Waals surface area contributed by atoms with Crippen molar-refractivity contribution in [3.63, 3.8) is 0 Å². The van der Waals surface area contributed by atoms with Crippen LogP contribution in [-0.2, 0) is 0 Å². The first kappa shape index (κ1) is 13.5. The molecule has 0 saturated heterocycles. The van der Waals surface area contributed by atoms with Crippen molar-refractivity contribution in [1.29, 1.82) is 5.26 Å². The number of anilines is 1. The van der Waals surface area contributed by atoms with Gasteiger partial charge in [-0.05, 0) is 49.9 Å². The number of nitriles is 1. The fourth-order valence-corrected chi connectivity index (χ4v) is 3.06. The van der Waals surface area contributed by atoms with Gasteiger partial charge in [0.25, 0.3) is 5.22 Å². The Labute approximate surface area is 125 Å². The zero-order chi connectivity index (χ0) is 15.0. The monoisotopic (exact) mass is 296 g/mol. The zero-order valence-electron chi connectivity index (χ0n) is 11.5. The average molecular weight is 296 g/mol. The predicted octanol–water partition coefficient (Wildman–Crippen LogP) is 3.44. The van der Waals surface area contributed by atoms with E-state index in [0.29, 0.717) is 33.3 Å². The highest BCUT2D eigenvalue weighted by atomic mass is 32.2. The maximum Gasteiger partial charge on any atom is 0.261 e. The second-order valence-corrected chi connectivity index (χ2v) is 5.64. The summed E-state index contributed by atoms with van der Waals surface area (Å²) >= 11 is 1.32. The summed E-state index contributed by atoms with van der Waals surface area (Å²) in [7, 11) is 0. The summed E-state index contributed by atoms with van der Waals surface area (Å²) in [5.74, 6) is 0. The summed E-state index contributed by atoms with van der Waals surface area (Å²) in [6.45, 7) is 3.72. The zero-order valence-corrected chi connectivity index (χ0v) is 12.4. The molecule has 21 heavy (non-hydrogen) atoms. The minimum atomic E-state index is 0.483. The third kappa shape index (κ3) is 2.56. The van der Waals surface area contributed by atoms with E-state index in [1.54, 1.807) is 18.2 Å². The van der Waals surface area contributed by atoms with Gasteiger partial charge in [0.2, 0.25) is 0 Å². The Morgan fingerprint density at radius 3 is 2.81 bits per heavy atom. The lowest BCUT2D eigenvalue weighted by atomic mass is 10.2. The number of fused-ring (bicyclic) bond motifs is 1. The number of aryl methyl sites for hydroxylation is 2. The van der Waals surface area contributed by atoms with Gasteiger partial charge in [-0.25, -0.2) is 4.98 Å². The van der Waals surface area contributed by atoms with Crippen molar-refractivity contribution in [2.45, 2.75) is 24.0 Å². The molecular weight excluding hydrogens is 284 g/mol. The lowest BCUT2D eigenvalue weighted by molar-refractivity contribution is 0.489. The summed E-state index contributed by atoms with van der Waals surface area (Å²) in [5.41, 5.74) is 9.86. The molecule has 0 unspecified atom stereocenters. The minimum Gasteiger partial charge on any atom is -0.431 e. The van der Waals surface area contributed by atoms with Crippen molar-refractivity contribution in [3.8, 4) is 6.07 Å². The van der Waals surface area contributed by atoms with E-state index in [9.17, 15) is 5.26 Å². The van der Waals surface area contributed by atoms with Crippen molar-refractivity contribution >= 4 is 28.5 Å². The maximum absolute atomic E-state index is 9.27. The number of rotatable bonds is 2. The molecule has 5 nitrogen and oxygen atoms in total. The first-order valence-corrected chi connectivity index (χ1v) is 7.11. The number of aromatic nitrogens is 2. The SMILES string of the molecule is Cc1cc(Sc2nc3cc(N)ccc3o2)c(C#N)c(C)n1. The van der Waals surface area contributed by atoms with Crippen LogP contribution in [0.3, 0.4) is 0 Å². The van der Waals surface area contributed by atoms with Crippen LogP contribution in [0.5, 0.6) is 0 Å². The number of oxazole rings is 1. The Hall–Kier alpha value is -2.52. The van der Waals surface area contributed by atoms with Gasteiger partial charge in [0, 0.05) is 16.3 Å². The van der Waals surface area contributed by atoms with Crippen molar-refractivity contribution in [2.75, 3.05) is 5.73 Å². The summed E-state index contributed by atoms with van der Waals surface area (Å²) in [6.07, 6.45) is 0. The summed E-state index contributed by atoms with van der Waals surface area (Å²) in [4.78, 5) is 9.48. The van der Waals surface area contributed by atoms with Gasteiger partial charge in [-0.2, -0.15) is 5.26 Å². The fourth-order valence-electron chi connectivity index (χ4n) is 2.07. The highest BCUT2D eigenvalue weighted by Gasteiger charge is 2.13. The van der Waals surface area contributed by atoms with Crippen LogP contribution in [0.1, 0.15) is 17.0 Å². The summed E-state index contributed by atoms with van der Waals surface area (Å²) < 4.78 is 5.67. The molecule has 104 valence electrons. The molecule has 0 aliphatic rings. The van der Waals surface area contributed by atoms with E-state index in [4.69, 9.17) is 10.2 Å². The van der Waals surface area contributed by atoms with E-state index in [2.05, 4.69) is 16.0 Å². The van der Waals surface area contributed by atoms with Crippen LogP contribution >= 0.6 is 11.8 Å². The molecule has 0 spiro atoms. The fraction of sp³-hybridized carbons (Fsp3) is 0.133. The van der Waals surface area contributed by atoms with E-state index < -0.39 is 0 Å². The molecule has 3 aromatic rings. The molecule has 3 rings (SSSR count). The van der Waals surface area contributed by atoms with Crippen LogP contribution in [0.25, 0.3) is 11.1 Å². The third-order valence-electron chi connectivity index (χ3n) is 2.99. The standard InChI is InChI=1S/C15H12N4OS/c1-8-5-14(11(7-16)9(2)18-8)21-15-19-12-6-10(17)3-4-13(12)20-15/h3-6H,17H2,1-2H3. The lowest BCUT2D eigenvalue weighted by Gasteiger charge is -2.04. The van der Waals surface area contributed by atoms with Gasteiger partial charge in [0.05, 0.1) is 11.3 Å². The molecule has 0 aliphatic carbocycles. The van der Waals surface area contributed by atoms with E-state index in [1.807, 2.05) is 19.9 Å². The molecule has 2 aromatic heterocycles. The van der Waals surface area contributed by atoms with Crippen molar-refractivity contribution in [3.05, 3.63) is 41.2 Å². The van der Waals surface area contributed by atoms with E-state index in [0.717, 1.165) is 10.6 Å². The number of hydrogen-bond acceptors (Lipinski definition) is 6. The second kappa shape index (κ2) is 5.11. The van der Waals surface area contributed by atoms with Gasteiger partial charge in [0.15, 0.2) is 5.58 Å². The molecule has 0 aliphatic heterocycles. The normalized spacial score (nSPS) is 10.7. The molecule has 0 saturated carbocycles. The molecular formula is C15H12N4OS.